The standard InChI is InChI=1S/C17H22N2S/c1-13-9-17(4-3-15(13)10-18-2)19(16-5-6-16)11-14-7-8-20-12-14/h3-4,7-9,12,16,18H,5-6,10-11H2,1-2H3. The Morgan fingerprint density at radius 2 is 2.15 bits per heavy atom. The Labute approximate surface area is 125 Å². The fraction of sp³-hybridized carbons (Fsp3) is 0.412. The van der Waals surface area contributed by atoms with Crippen molar-refractivity contribution in [3.8, 4) is 0 Å². The topological polar surface area (TPSA) is 15.3 Å². The molecule has 2 aromatic rings. The summed E-state index contributed by atoms with van der Waals surface area (Å²) in [5.41, 5.74) is 5.57. The predicted molar refractivity (Wildman–Crippen MR) is 87.5 cm³/mol. The molecular formula is C17H22N2S. The van der Waals surface area contributed by atoms with Crippen molar-refractivity contribution in [3.05, 3.63) is 51.7 Å². The Morgan fingerprint density at radius 1 is 1.30 bits per heavy atom. The van der Waals surface area contributed by atoms with Crippen LogP contribution in [0.4, 0.5) is 5.69 Å². The molecule has 0 bridgehead atoms. The van der Waals surface area contributed by atoms with Gasteiger partial charge in [-0.2, -0.15) is 11.3 Å². The van der Waals surface area contributed by atoms with Crippen LogP contribution in [-0.4, -0.2) is 13.1 Å². The van der Waals surface area contributed by atoms with E-state index in [2.05, 4.69) is 52.2 Å². The van der Waals surface area contributed by atoms with E-state index in [4.69, 9.17) is 0 Å². The molecule has 1 heterocycles. The average Bonchev–Trinajstić information content (AvgIpc) is 3.15. The van der Waals surface area contributed by atoms with Crippen LogP contribution in [0.1, 0.15) is 29.5 Å². The second kappa shape index (κ2) is 5.98. The van der Waals surface area contributed by atoms with E-state index in [1.165, 1.54) is 35.2 Å². The van der Waals surface area contributed by atoms with Crippen molar-refractivity contribution in [2.75, 3.05) is 11.9 Å². The Balaban J connectivity index is 1.82. The lowest BCUT2D eigenvalue weighted by Crippen LogP contribution is -2.25. The van der Waals surface area contributed by atoms with Crippen LogP contribution in [0.3, 0.4) is 0 Å². The first-order valence-electron chi connectivity index (χ1n) is 7.30. The van der Waals surface area contributed by atoms with Gasteiger partial charge in [0, 0.05) is 24.8 Å². The van der Waals surface area contributed by atoms with Crippen LogP contribution >= 0.6 is 11.3 Å². The maximum atomic E-state index is 3.23. The second-order valence-electron chi connectivity index (χ2n) is 5.63. The van der Waals surface area contributed by atoms with Crippen LogP contribution < -0.4 is 10.2 Å². The number of hydrogen-bond donors (Lipinski definition) is 1. The van der Waals surface area contributed by atoms with Gasteiger partial charge in [0.25, 0.3) is 0 Å². The number of thiophene rings is 1. The van der Waals surface area contributed by atoms with Gasteiger partial charge in [-0.1, -0.05) is 6.07 Å². The summed E-state index contributed by atoms with van der Waals surface area (Å²) in [6, 6.07) is 9.87. The minimum Gasteiger partial charge on any atom is -0.364 e. The van der Waals surface area contributed by atoms with Crippen molar-refractivity contribution in [1.82, 2.24) is 5.32 Å². The molecule has 0 unspecified atom stereocenters. The smallest absolute Gasteiger partial charge is 0.0440 e. The number of rotatable bonds is 6. The zero-order valence-electron chi connectivity index (χ0n) is 12.2. The molecular weight excluding hydrogens is 264 g/mol. The van der Waals surface area contributed by atoms with Crippen LogP contribution in [0.15, 0.2) is 35.0 Å². The van der Waals surface area contributed by atoms with Gasteiger partial charge < -0.3 is 10.2 Å². The summed E-state index contributed by atoms with van der Waals surface area (Å²) in [6.07, 6.45) is 2.67. The fourth-order valence-corrected chi connectivity index (χ4v) is 3.30. The second-order valence-corrected chi connectivity index (χ2v) is 6.41. The lowest BCUT2D eigenvalue weighted by molar-refractivity contribution is 0.789. The third-order valence-corrected chi connectivity index (χ3v) is 4.68. The SMILES string of the molecule is CNCc1ccc(N(Cc2ccsc2)C2CC2)cc1C. The Kier molecular flexibility index (Phi) is 4.08. The fourth-order valence-electron chi connectivity index (χ4n) is 2.64. The number of benzene rings is 1. The van der Waals surface area contributed by atoms with Crippen LogP contribution in [0, 0.1) is 6.92 Å². The van der Waals surface area contributed by atoms with Crippen LogP contribution in [0.25, 0.3) is 0 Å². The molecule has 0 radical (unpaired) electrons. The van der Waals surface area contributed by atoms with E-state index >= 15 is 0 Å². The van der Waals surface area contributed by atoms with Gasteiger partial charge in [-0.15, -0.1) is 0 Å². The molecule has 1 aliphatic carbocycles. The van der Waals surface area contributed by atoms with Crippen molar-refractivity contribution < 1.29 is 0 Å². The molecule has 3 rings (SSSR count). The van der Waals surface area contributed by atoms with Gasteiger partial charge in [0.2, 0.25) is 0 Å². The molecule has 1 aromatic carbocycles. The molecule has 1 fully saturated rings. The summed E-state index contributed by atoms with van der Waals surface area (Å²) in [5, 5.41) is 7.66. The number of anilines is 1. The number of nitrogens with zero attached hydrogens (tertiary/aromatic N) is 1. The highest BCUT2D eigenvalue weighted by Crippen LogP contribution is 2.34. The molecule has 1 aromatic heterocycles. The highest BCUT2D eigenvalue weighted by molar-refractivity contribution is 7.07. The lowest BCUT2D eigenvalue weighted by atomic mass is 10.1. The Morgan fingerprint density at radius 3 is 2.75 bits per heavy atom. The number of aryl methyl sites for hydroxylation is 1. The van der Waals surface area contributed by atoms with Crippen molar-refractivity contribution in [2.45, 2.75) is 38.9 Å². The van der Waals surface area contributed by atoms with Gasteiger partial charge in [0.1, 0.15) is 0 Å². The summed E-state index contributed by atoms with van der Waals surface area (Å²) < 4.78 is 0. The van der Waals surface area contributed by atoms with E-state index in [1.54, 1.807) is 11.3 Å². The van der Waals surface area contributed by atoms with Crippen LogP contribution in [-0.2, 0) is 13.1 Å². The molecule has 2 nitrogen and oxygen atoms in total. The van der Waals surface area contributed by atoms with E-state index in [1.807, 2.05) is 7.05 Å². The van der Waals surface area contributed by atoms with Crippen LogP contribution in [0.2, 0.25) is 0 Å². The number of hydrogen-bond acceptors (Lipinski definition) is 3. The van der Waals surface area contributed by atoms with Gasteiger partial charge in [-0.05, 0) is 72.5 Å². The Bertz CT molecular complexity index is 558. The number of nitrogens with one attached hydrogen (secondary N) is 1. The van der Waals surface area contributed by atoms with E-state index in [0.29, 0.717) is 0 Å². The molecule has 0 saturated heterocycles. The summed E-state index contributed by atoms with van der Waals surface area (Å²) in [4.78, 5) is 2.57. The first-order valence-corrected chi connectivity index (χ1v) is 8.24. The predicted octanol–water partition coefficient (Wildman–Crippen LogP) is 3.94. The maximum Gasteiger partial charge on any atom is 0.0440 e. The molecule has 1 aliphatic rings. The molecule has 20 heavy (non-hydrogen) atoms. The van der Waals surface area contributed by atoms with Crippen molar-refractivity contribution >= 4 is 17.0 Å². The summed E-state index contributed by atoms with van der Waals surface area (Å²) in [7, 11) is 2.00. The first-order chi connectivity index (χ1) is 9.78. The third-order valence-electron chi connectivity index (χ3n) is 3.95. The van der Waals surface area contributed by atoms with E-state index in [9.17, 15) is 0 Å². The third kappa shape index (κ3) is 3.05. The summed E-state index contributed by atoms with van der Waals surface area (Å²) in [6.45, 7) is 4.20. The summed E-state index contributed by atoms with van der Waals surface area (Å²) in [5.74, 6) is 0. The molecule has 0 amide bonds. The zero-order valence-corrected chi connectivity index (χ0v) is 13.0. The molecule has 3 heteroatoms. The maximum absolute atomic E-state index is 3.23. The normalized spacial score (nSPS) is 14.5. The highest BCUT2D eigenvalue weighted by atomic mass is 32.1. The lowest BCUT2D eigenvalue weighted by Gasteiger charge is -2.25. The molecule has 106 valence electrons. The average molecular weight is 286 g/mol. The van der Waals surface area contributed by atoms with Gasteiger partial charge >= 0.3 is 0 Å². The minimum atomic E-state index is 0.740. The van der Waals surface area contributed by atoms with Gasteiger partial charge in [0.05, 0.1) is 0 Å². The van der Waals surface area contributed by atoms with Crippen molar-refractivity contribution in [3.63, 3.8) is 0 Å². The van der Waals surface area contributed by atoms with Crippen molar-refractivity contribution in [2.24, 2.45) is 0 Å². The van der Waals surface area contributed by atoms with Gasteiger partial charge in [0.15, 0.2) is 0 Å². The van der Waals surface area contributed by atoms with E-state index < -0.39 is 0 Å². The zero-order chi connectivity index (χ0) is 13.9. The first kappa shape index (κ1) is 13.7. The van der Waals surface area contributed by atoms with E-state index in [0.717, 1.165) is 19.1 Å². The molecule has 0 spiro atoms. The quantitative estimate of drug-likeness (QED) is 0.865. The van der Waals surface area contributed by atoms with E-state index in [-0.39, 0.29) is 0 Å². The molecule has 1 N–H and O–H groups in total. The summed E-state index contributed by atoms with van der Waals surface area (Å²) >= 11 is 1.79. The Hall–Kier alpha value is -1.32. The van der Waals surface area contributed by atoms with Gasteiger partial charge in [-0.3, -0.25) is 0 Å². The van der Waals surface area contributed by atoms with Gasteiger partial charge in [-0.25, -0.2) is 0 Å². The molecule has 0 atom stereocenters. The molecule has 1 saturated carbocycles. The monoisotopic (exact) mass is 286 g/mol. The molecule has 0 aliphatic heterocycles. The largest absolute Gasteiger partial charge is 0.364 e. The van der Waals surface area contributed by atoms with Crippen LogP contribution in [0.5, 0.6) is 0 Å². The highest BCUT2D eigenvalue weighted by Gasteiger charge is 2.29. The van der Waals surface area contributed by atoms with Crippen molar-refractivity contribution in [1.29, 1.82) is 0 Å². The minimum absolute atomic E-state index is 0.740.